The number of amides is 1. The lowest BCUT2D eigenvalue weighted by atomic mass is 10.2. The van der Waals surface area contributed by atoms with E-state index >= 15 is 0 Å². The van der Waals surface area contributed by atoms with Gasteiger partial charge in [0.25, 0.3) is 0 Å². The number of pyridine rings is 1. The van der Waals surface area contributed by atoms with Crippen LogP contribution < -0.4 is 15.1 Å². The molecule has 2 aliphatic rings. The van der Waals surface area contributed by atoms with Crippen molar-refractivity contribution in [3.05, 3.63) is 48.2 Å². The normalized spacial score (nSPS) is 19.0. The third kappa shape index (κ3) is 3.56. The summed E-state index contributed by atoms with van der Waals surface area (Å²) in [5.41, 5.74) is 3.15. The second kappa shape index (κ2) is 7.80. The van der Waals surface area contributed by atoms with Crippen LogP contribution in [0.1, 0.15) is 32.3 Å². The molecular weight excluding hydrogens is 350 g/mol. The first kappa shape index (κ1) is 18.7. The summed E-state index contributed by atoms with van der Waals surface area (Å²) in [7, 11) is 1.83. The first-order valence-corrected chi connectivity index (χ1v) is 10.1. The van der Waals surface area contributed by atoms with Gasteiger partial charge in [-0.1, -0.05) is 44.2 Å². The average molecular weight is 380 g/mol. The Bertz CT molecular complexity index is 832. The summed E-state index contributed by atoms with van der Waals surface area (Å²) in [4.78, 5) is 23.7. The Labute approximate surface area is 167 Å². The Morgan fingerprint density at radius 1 is 1.25 bits per heavy atom. The molecule has 1 saturated heterocycles. The number of carbonyl (C=O) groups excluding carboxylic acids is 1. The third-order valence-electron chi connectivity index (χ3n) is 5.62. The Kier molecular flexibility index (Phi) is 5.22. The van der Waals surface area contributed by atoms with Crippen LogP contribution in [0.25, 0.3) is 0 Å². The van der Waals surface area contributed by atoms with Crippen LogP contribution >= 0.6 is 0 Å². The maximum atomic E-state index is 12.5. The molecule has 28 heavy (non-hydrogen) atoms. The lowest BCUT2D eigenvalue weighted by Gasteiger charge is -2.33. The van der Waals surface area contributed by atoms with Crippen LogP contribution in [0.5, 0.6) is 0 Å². The molecule has 6 nitrogen and oxygen atoms in total. The predicted molar refractivity (Wildman–Crippen MR) is 113 cm³/mol. The van der Waals surface area contributed by atoms with Crippen LogP contribution in [-0.4, -0.2) is 42.2 Å². The zero-order valence-electron chi connectivity index (χ0n) is 16.9. The van der Waals surface area contributed by atoms with E-state index < -0.39 is 0 Å². The molecule has 1 N–H and O–H groups in total. The molecule has 0 radical (unpaired) electrons. The van der Waals surface area contributed by atoms with Crippen molar-refractivity contribution < 1.29 is 4.79 Å². The zero-order valence-corrected chi connectivity index (χ0v) is 16.9. The number of aromatic nitrogens is 1. The summed E-state index contributed by atoms with van der Waals surface area (Å²) < 4.78 is 0. The van der Waals surface area contributed by atoms with E-state index in [0.717, 1.165) is 36.8 Å². The Morgan fingerprint density at radius 2 is 1.96 bits per heavy atom. The second-order valence-electron chi connectivity index (χ2n) is 7.99. The van der Waals surface area contributed by atoms with Gasteiger partial charge in [0.1, 0.15) is 0 Å². The standard InChI is InChI=1S/C22H29N5O/c1-16(2)21(28)25(3)18-13-19-20(23-14-18)24-22(26-11-7-8-12-26)27(19)15-17-9-5-4-6-10-17/h4-6,9-10,13-14,16,22H,7-8,11-12,15H2,1-3H3,(H,23,24). The fraction of sp³-hybridized carbons (Fsp3) is 0.455. The minimum Gasteiger partial charge on any atom is -0.336 e. The van der Waals surface area contributed by atoms with Gasteiger partial charge in [0.05, 0.1) is 17.6 Å². The van der Waals surface area contributed by atoms with Gasteiger partial charge in [0.2, 0.25) is 5.91 Å². The number of benzene rings is 1. The van der Waals surface area contributed by atoms with Crippen LogP contribution in [0.4, 0.5) is 17.2 Å². The van der Waals surface area contributed by atoms with Crippen LogP contribution in [0.2, 0.25) is 0 Å². The highest BCUT2D eigenvalue weighted by molar-refractivity contribution is 5.95. The average Bonchev–Trinajstić information content (AvgIpc) is 3.35. The fourth-order valence-corrected chi connectivity index (χ4v) is 4.03. The molecule has 2 aliphatic heterocycles. The van der Waals surface area contributed by atoms with Gasteiger partial charge in [-0.2, -0.15) is 0 Å². The summed E-state index contributed by atoms with van der Waals surface area (Å²) >= 11 is 0. The van der Waals surface area contributed by atoms with Crippen molar-refractivity contribution in [3.8, 4) is 0 Å². The van der Waals surface area contributed by atoms with Crippen LogP contribution in [-0.2, 0) is 11.3 Å². The SMILES string of the molecule is CC(C)C(=O)N(C)c1cnc2c(c1)N(Cc1ccccc1)C(N1CCCC1)N2. The van der Waals surface area contributed by atoms with E-state index in [2.05, 4.69) is 50.4 Å². The van der Waals surface area contributed by atoms with Crippen LogP contribution in [0, 0.1) is 5.92 Å². The van der Waals surface area contributed by atoms with Crippen LogP contribution in [0.3, 0.4) is 0 Å². The Balaban J connectivity index is 1.67. The lowest BCUT2D eigenvalue weighted by Crippen LogP contribution is -2.48. The minimum absolute atomic E-state index is 0.0471. The number of likely N-dealkylation sites (tertiary alicyclic amines) is 1. The van der Waals surface area contributed by atoms with E-state index in [0.29, 0.717) is 0 Å². The molecule has 0 spiro atoms. The number of nitrogens with one attached hydrogen (secondary N) is 1. The quantitative estimate of drug-likeness (QED) is 0.862. The molecule has 0 saturated carbocycles. The molecular formula is C22H29N5O. The first-order valence-electron chi connectivity index (χ1n) is 10.1. The number of nitrogens with zero attached hydrogens (tertiary/aromatic N) is 4. The van der Waals surface area contributed by atoms with Crippen molar-refractivity contribution in [2.45, 2.75) is 39.5 Å². The van der Waals surface area contributed by atoms with Gasteiger partial charge in [-0.05, 0) is 24.5 Å². The molecule has 0 bridgehead atoms. The topological polar surface area (TPSA) is 51.7 Å². The van der Waals surface area contributed by atoms with E-state index in [1.165, 1.54) is 18.4 Å². The maximum absolute atomic E-state index is 12.5. The molecule has 1 unspecified atom stereocenters. The van der Waals surface area contributed by atoms with Crippen molar-refractivity contribution in [1.82, 2.24) is 9.88 Å². The van der Waals surface area contributed by atoms with Gasteiger partial charge in [-0.3, -0.25) is 9.69 Å². The van der Waals surface area contributed by atoms with Gasteiger partial charge >= 0.3 is 0 Å². The first-order chi connectivity index (χ1) is 13.5. The van der Waals surface area contributed by atoms with E-state index in [4.69, 9.17) is 0 Å². The summed E-state index contributed by atoms with van der Waals surface area (Å²) in [6.07, 6.45) is 4.36. The van der Waals surface area contributed by atoms with Gasteiger partial charge < -0.3 is 15.1 Å². The summed E-state index contributed by atoms with van der Waals surface area (Å²) in [6.45, 7) is 6.83. The lowest BCUT2D eigenvalue weighted by molar-refractivity contribution is -0.121. The second-order valence-corrected chi connectivity index (χ2v) is 7.99. The Hall–Kier alpha value is -2.60. The van der Waals surface area contributed by atoms with Crippen LogP contribution in [0.15, 0.2) is 42.6 Å². The van der Waals surface area contributed by atoms with E-state index in [1.54, 1.807) is 11.1 Å². The monoisotopic (exact) mass is 379 g/mol. The molecule has 4 rings (SSSR count). The molecule has 1 aromatic carbocycles. The van der Waals surface area contributed by atoms with Crippen molar-refractivity contribution in [2.75, 3.05) is 35.3 Å². The van der Waals surface area contributed by atoms with Crippen molar-refractivity contribution in [1.29, 1.82) is 0 Å². The summed E-state index contributed by atoms with van der Waals surface area (Å²) in [5.74, 6) is 0.939. The zero-order chi connectivity index (χ0) is 19.7. The fourth-order valence-electron chi connectivity index (χ4n) is 4.03. The number of fused-ring (bicyclic) bond motifs is 1. The highest BCUT2D eigenvalue weighted by atomic mass is 16.2. The number of hydrogen-bond donors (Lipinski definition) is 1. The van der Waals surface area contributed by atoms with Gasteiger partial charge in [0, 0.05) is 32.6 Å². The van der Waals surface area contributed by atoms with Gasteiger partial charge in [0.15, 0.2) is 12.1 Å². The van der Waals surface area contributed by atoms with Crippen molar-refractivity contribution in [3.63, 3.8) is 0 Å². The number of anilines is 3. The molecule has 1 amide bonds. The Morgan fingerprint density at radius 3 is 2.64 bits per heavy atom. The maximum Gasteiger partial charge on any atom is 0.229 e. The van der Waals surface area contributed by atoms with Crippen molar-refractivity contribution in [2.24, 2.45) is 5.92 Å². The molecule has 1 aromatic heterocycles. The van der Waals surface area contributed by atoms with E-state index in [1.807, 2.05) is 27.0 Å². The largest absolute Gasteiger partial charge is 0.336 e. The highest BCUT2D eigenvalue weighted by Gasteiger charge is 2.35. The highest BCUT2D eigenvalue weighted by Crippen LogP contribution is 2.38. The molecule has 1 atom stereocenters. The van der Waals surface area contributed by atoms with Crippen molar-refractivity contribution >= 4 is 23.1 Å². The number of hydrogen-bond acceptors (Lipinski definition) is 5. The molecule has 6 heteroatoms. The smallest absolute Gasteiger partial charge is 0.229 e. The van der Waals surface area contributed by atoms with Gasteiger partial charge in [-0.15, -0.1) is 0 Å². The number of carbonyl (C=O) groups is 1. The third-order valence-corrected chi connectivity index (χ3v) is 5.62. The molecule has 3 heterocycles. The number of rotatable bonds is 5. The predicted octanol–water partition coefficient (Wildman–Crippen LogP) is 3.51. The molecule has 2 aromatic rings. The molecule has 0 aliphatic carbocycles. The van der Waals surface area contributed by atoms with E-state index in [-0.39, 0.29) is 18.1 Å². The van der Waals surface area contributed by atoms with Gasteiger partial charge in [-0.25, -0.2) is 4.98 Å². The minimum atomic E-state index is -0.0471. The summed E-state index contributed by atoms with van der Waals surface area (Å²) in [5, 5.41) is 3.60. The summed E-state index contributed by atoms with van der Waals surface area (Å²) in [6, 6.07) is 12.6. The molecule has 1 fully saturated rings. The molecule has 148 valence electrons. The van der Waals surface area contributed by atoms with E-state index in [9.17, 15) is 4.79 Å².